The third-order valence-electron chi connectivity index (χ3n) is 5.69. The second-order valence-corrected chi connectivity index (χ2v) is 8.59. The number of amides is 1. The molecule has 1 aromatic carbocycles. The van der Waals surface area contributed by atoms with Gasteiger partial charge in [0.2, 0.25) is 5.91 Å². The largest absolute Gasteiger partial charge is 0.376 e. The lowest BCUT2D eigenvalue weighted by atomic mass is 9.70. The molecule has 3 fully saturated rings. The topological polar surface area (TPSA) is 41.6 Å². The molecule has 0 spiro atoms. The van der Waals surface area contributed by atoms with Crippen LogP contribution in [-0.2, 0) is 15.3 Å². The molecule has 2 heterocycles. The van der Waals surface area contributed by atoms with Gasteiger partial charge < -0.3 is 10.1 Å². The van der Waals surface area contributed by atoms with Crippen molar-refractivity contribution in [2.24, 2.45) is 5.92 Å². The number of hydrogen-bond acceptors (Lipinski definition) is 4. The average molecular weight is 381 g/mol. The Bertz CT molecular complexity index is 618. The van der Waals surface area contributed by atoms with Crippen molar-refractivity contribution in [3.8, 4) is 0 Å². The van der Waals surface area contributed by atoms with E-state index in [4.69, 9.17) is 16.3 Å². The number of likely N-dealkylation sites (tertiary alicyclic amines) is 1. The van der Waals surface area contributed by atoms with E-state index in [9.17, 15) is 4.79 Å². The van der Waals surface area contributed by atoms with Gasteiger partial charge in [0.05, 0.1) is 23.9 Å². The molecule has 1 saturated carbocycles. The van der Waals surface area contributed by atoms with Crippen molar-refractivity contribution in [3.05, 3.63) is 34.9 Å². The van der Waals surface area contributed by atoms with Crippen LogP contribution in [0.5, 0.6) is 0 Å². The van der Waals surface area contributed by atoms with Gasteiger partial charge in [-0.1, -0.05) is 29.8 Å². The Morgan fingerprint density at radius 2 is 2.12 bits per heavy atom. The normalized spacial score (nSPS) is 31.6. The third-order valence-corrected chi connectivity index (χ3v) is 7.04. The zero-order valence-corrected chi connectivity index (χ0v) is 15.9. The van der Waals surface area contributed by atoms with Gasteiger partial charge in [-0.25, -0.2) is 0 Å². The van der Waals surface area contributed by atoms with Gasteiger partial charge in [-0.3, -0.25) is 9.69 Å². The molecule has 0 aromatic heterocycles. The van der Waals surface area contributed by atoms with Gasteiger partial charge in [0.25, 0.3) is 0 Å². The molecule has 2 saturated heterocycles. The number of nitrogens with one attached hydrogen (secondary N) is 1. The fourth-order valence-corrected chi connectivity index (χ4v) is 5.56. The highest BCUT2D eigenvalue weighted by Crippen LogP contribution is 2.42. The van der Waals surface area contributed by atoms with E-state index in [-0.39, 0.29) is 11.9 Å². The first-order valence-electron chi connectivity index (χ1n) is 9.20. The van der Waals surface area contributed by atoms with Gasteiger partial charge in [0.15, 0.2) is 0 Å². The highest BCUT2D eigenvalue weighted by atomic mass is 35.5. The third kappa shape index (κ3) is 3.70. The van der Waals surface area contributed by atoms with Crippen LogP contribution in [0.15, 0.2) is 24.3 Å². The minimum atomic E-state index is 0.136. The molecule has 0 unspecified atom stereocenters. The van der Waals surface area contributed by atoms with E-state index in [0.29, 0.717) is 23.8 Å². The van der Waals surface area contributed by atoms with Crippen molar-refractivity contribution in [1.82, 2.24) is 10.2 Å². The van der Waals surface area contributed by atoms with E-state index in [0.717, 1.165) is 42.5 Å². The minimum Gasteiger partial charge on any atom is -0.376 e. The van der Waals surface area contributed by atoms with Crippen LogP contribution >= 0.6 is 23.4 Å². The van der Waals surface area contributed by atoms with Gasteiger partial charge in [-0.2, -0.15) is 0 Å². The number of benzene rings is 1. The number of ether oxygens (including phenoxy) is 1. The highest BCUT2D eigenvalue weighted by molar-refractivity contribution is 7.99. The minimum absolute atomic E-state index is 0.136. The standard InChI is InChI=1S/C19H25ClN2O2S/c20-15-6-2-1-5-13(15)11-25-12-16(23)21-17-14-7-10-24-19(14)18(17)22-8-3-4-9-22/h1-2,5-6,14,17-19H,3-4,7-12H2,(H,21,23)/t14-,17+,18-,19-/m1/s1. The molecule has 3 aliphatic rings. The first kappa shape index (κ1) is 17.7. The lowest BCUT2D eigenvalue weighted by Crippen LogP contribution is -2.70. The summed E-state index contributed by atoms with van der Waals surface area (Å²) in [7, 11) is 0. The Morgan fingerprint density at radius 3 is 2.92 bits per heavy atom. The zero-order valence-electron chi connectivity index (χ0n) is 14.3. The molecule has 4 nitrogen and oxygen atoms in total. The van der Waals surface area contributed by atoms with E-state index in [1.54, 1.807) is 11.8 Å². The molecule has 1 amide bonds. The second kappa shape index (κ2) is 7.87. The molecule has 1 N–H and O–H groups in total. The van der Waals surface area contributed by atoms with Gasteiger partial charge >= 0.3 is 0 Å². The molecule has 0 bridgehead atoms. The van der Waals surface area contributed by atoms with E-state index in [2.05, 4.69) is 10.2 Å². The fourth-order valence-electron chi connectivity index (χ4n) is 4.44. The van der Waals surface area contributed by atoms with Crippen molar-refractivity contribution < 1.29 is 9.53 Å². The summed E-state index contributed by atoms with van der Waals surface area (Å²) < 4.78 is 5.93. The van der Waals surface area contributed by atoms with Crippen LogP contribution in [-0.4, -0.2) is 54.4 Å². The van der Waals surface area contributed by atoms with Gasteiger partial charge in [0.1, 0.15) is 0 Å². The molecular formula is C19H25ClN2O2S. The number of carbonyl (C=O) groups is 1. The quantitative estimate of drug-likeness (QED) is 0.823. The molecule has 1 aromatic rings. The smallest absolute Gasteiger partial charge is 0.230 e. The molecule has 25 heavy (non-hydrogen) atoms. The van der Waals surface area contributed by atoms with Crippen molar-refractivity contribution in [2.75, 3.05) is 25.4 Å². The first-order valence-corrected chi connectivity index (χ1v) is 10.7. The van der Waals surface area contributed by atoms with Crippen LogP contribution in [0.25, 0.3) is 0 Å². The average Bonchev–Trinajstić information content (AvgIpc) is 3.26. The van der Waals surface area contributed by atoms with Gasteiger partial charge in [-0.15, -0.1) is 11.8 Å². The molecule has 4 atom stereocenters. The van der Waals surface area contributed by atoms with Crippen LogP contribution in [0.3, 0.4) is 0 Å². The molecule has 6 heteroatoms. The van der Waals surface area contributed by atoms with Crippen LogP contribution in [0, 0.1) is 5.92 Å². The fraction of sp³-hybridized carbons (Fsp3) is 0.632. The Hall–Kier alpha value is -0.750. The Kier molecular flexibility index (Phi) is 5.56. The van der Waals surface area contributed by atoms with Gasteiger partial charge in [0, 0.05) is 23.3 Å². The lowest BCUT2D eigenvalue weighted by molar-refractivity contribution is -0.126. The van der Waals surface area contributed by atoms with Crippen LogP contribution in [0.2, 0.25) is 5.02 Å². The van der Waals surface area contributed by atoms with Crippen LogP contribution in [0.4, 0.5) is 0 Å². The summed E-state index contributed by atoms with van der Waals surface area (Å²) in [6.07, 6.45) is 3.94. The Balaban J connectivity index is 1.28. The Morgan fingerprint density at radius 1 is 1.32 bits per heavy atom. The van der Waals surface area contributed by atoms with Gasteiger partial charge in [-0.05, 0) is 44.0 Å². The lowest BCUT2D eigenvalue weighted by Gasteiger charge is -2.51. The van der Waals surface area contributed by atoms with Crippen LogP contribution < -0.4 is 5.32 Å². The molecule has 1 aliphatic carbocycles. The summed E-state index contributed by atoms with van der Waals surface area (Å²) in [4.78, 5) is 15.0. The van der Waals surface area contributed by atoms with E-state index in [1.807, 2.05) is 24.3 Å². The Labute approximate surface area is 158 Å². The van der Waals surface area contributed by atoms with Crippen LogP contribution in [0.1, 0.15) is 24.8 Å². The van der Waals surface area contributed by atoms with E-state index in [1.165, 1.54) is 12.8 Å². The van der Waals surface area contributed by atoms with E-state index < -0.39 is 0 Å². The highest BCUT2D eigenvalue weighted by Gasteiger charge is 2.56. The number of rotatable bonds is 6. The van der Waals surface area contributed by atoms with Crippen molar-refractivity contribution in [1.29, 1.82) is 0 Å². The number of nitrogens with zero attached hydrogens (tertiary/aromatic N) is 1. The molecule has 2 aliphatic heterocycles. The first-order chi connectivity index (χ1) is 12.2. The molecule has 136 valence electrons. The summed E-state index contributed by atoms with van der Waals surface area (Å²) in [6, 6.07) is 8.47. The maximum Gasteiger partial charge on any atom is 0.230 e. The van der Waals surface area contributed by atoms with Crippen molar-refractivity contribution in [3.63, 3.8) is 0 Å². The number of carbonyl (C=O) groups excluding carboxylic acids is 1. The number of thioether (sulfide) groups is 1. The second-order valence-electron chi connectivity index (χ2n) is 7.20. The maximum absolute atomic E-state index is 12.4. The number of hydrogen-bond donors (Lipinski definition) is 1. The summed E-state index contributed by atoms with van der Waals surface area (Å²) in [5.41, 5.74) is 1.09. The molecule has 4 rings (SSSR count). The zero-order chi connectivity index (χ0) is 17.2. The SMILES string of the molecule is O=C(CSCc1ccccc1Cl)N[C@H]1[C@H]2CCO[C@H]2[C@@H]1N1CCCC1. The predicted octanol–water partition coefficient (Wildman–Crippen LogP) is 2.94. The number of fused-ring (bicyclic) bond motifs is 1. The predicted molar refractivity (Wildman–Crippen MR) is 102 cm³/mol. The summed E-state index contributed by atoms with van der Waals surface area (Å²) >= 11 is 7.80. The summed E-state index contributed by atoms with van der Waals surface area (Å²) in [5, 5.41) is 4.07. The number of halogens is 1. The maximum atomic E-state index is 12.4. The molecular weight excluding hydrogens is 356 g/mol. The molecule has 0 radical (unpaired) electrons. The summed E-state index contributed by atoms with van der Waals surface area (Å²) in [5.74, 6) is 1.88. The summed E-state index contributed by atoms with van der Waals surface area (Å²) in [6.45, 7) is 3.13. The van der Waals surface area contributed by atoms with Crippen molar-refractivity contribution in [2.45, 2.75) is 43.2 Å². The monoisotopic (exact) mass is 380 g/mol. The van der Waals surface area contributed by atoms with E-state index >= 15 is 0 Å². The van der Waals surface area contributed by atoms with Crippen molar-refractivity contribution >= 4 is 29.3 Å².